The lowest BCUT2D eigenvalue weighted by atomic mass is 10.1. The monoisotopic (exact) mass is 197 g/mol. The van der Waals surface area contributed by atoms with Gasteiger partial charge in [0.05, 0.1) is 6.54 Å². The van der Waals surface area contributed by atoms with E-state index in [0.717, 1.165) is 19.4 Å². The van der Waals surface area contributed by atoms with Crippen molar-refractivity contribution in [2.75, 3.05) is 13.1 Å². The molecule has 1 amide bonds. The van der Waals surface area contributed by atoms with Gasteiger partial charge in [0.1, 0.15) is 0 Å². The van der Waals surface area contributed by atoms with E-state index >= 15 is 0 Å². The molecule has 0 aliphatic carbocycles. The fraction of sp³-hybridized carbons (Fsp3) is 0.818. The van der Waals surface area contributed by atoms with Crippen molar-refractivity contribution in [2.24, 2.45) is 5.92 Å². The number of carbonyl (C=O) groups excluding carboxylic acids is 2. The number of nitrogens with zero attached hydrogens (tertiary/aromatic N) is 1. The maximum atomic E-state index is 11.5. The van der Waals surface area contributed by atoms with Crippen LogP contribution in [-0.2, 0) is 9.59 Å². The van der Waals surface area contributed by atoms with Gasteiger partial charge < -0.3 is 4.90 Å². The average molecular weight is 197 g/mol. The number of hydrogen-bond donors (Lipinski definition) is 0. The molecule has 14 heavy (non-hydrogen) atoms. The number of carbonyl (C=O) groups is 2. The molecule has 1 unspecified atom stereocenters. The minimum atomic E-state index is 0.154. The highest BCUT2D eigenvalue weighted by atomic mass is 16.2. The molecule has 0 bridgehead atoms. The van der Waals surface area contributed by atoms with E-state index in [-0.39, 0.29) is 11.7 Å². The largest absolute Gasteiger partial charge is 0.335 e. The van der Waals surface area contributed by atoms with Gasteiger partial charge in [0.25, 0.3) is 0 Å². The Kier molecular flexibility index (Phi) is 4.11. The minimum Gasteiger partial charge on any atom is -0.335 e. The SMILES string of the molecule is CCCC(=O)CN1CC(CC)CC1=O. The van der Waals surface area contributed by atoms with Gasteiger partial charge in [-0.2, -0.15) is 0 Å². The summed E-state index contributed by atoms with van der Waals surface area (Å²) in [6.07, 6.45) is 3.14. The van der Waals surface area contributed by atoms with E-state index in [2.05, 4.69) is 6.92 Å². The molecule has 0 aromatic carbocycles. The van der Waals surface area contributed by atoms with Crippen LogP contribution in [0.5, 0.6) is 0 Å². The van der Waals surface area contributed by atoms with Gasteiger partial charge in [0.2, 0.25) is 5.91 Å². The summed E-state index contributed by atoms with van der Waals surface area (Å²) >= 11 is 0. The first-order chi connectivity index (χ1) is 6.67. The Morgan fingerprint density at radius 2 is 2.21 bits per heavy atom. The van der Waals surface area contributed by atoms with Gasteiger partial charge in [-0.05, 0) is 12.3 Å². The number of rotatable bonds is 5. The molecule has 3 nitrogen and oxygen atoms in total. The summed E-state index contributed by atoms with van der Waals surface area (Å²) in [7, 11) is 0. The zero-order chi connectivity index (χ0) is 10.6. The molecule has 0 radical (unpaired) electrons. The van der Waals surface area contributed by atoms with Gasteiger partial charge in [-0.1, -0.05) is 20.3 Å². The third-order valence-electron chi connectivity index (χ3n) is 2.77. The third kappa shape index (κ3) is 2.82. The van der Waals surface area contributed by atoms with Gasteiger partial charge in [0.15, 0.2) is 5.78 Å². The number of Topliss-reactive ketones (excluding diaryl/α,β-unsaturated/α-hetero) is 1. The lowest BCUT2D eigenvalue weighted by Crippen LogP contribution is -2.31. The van der Waals surface area contributed by atoms with Crippen molar-refractivity contribution in [2.45, 2.75) is 39.5 Å². The van der Waals surface area contributed by atoms with Crippen molar-refractivity contribution in [3.05, 3.63) is 0 Å². The third-order valence-corrected chi connectivity index (χ3v) is 2.77. The predicted octanol–water partition coefficient (Wildman–Crippen LogP) is 1.61. The topological polar surface area (TPSA) is 37.4 Å². The Hall–Kier alpha value is -0.860. The Bertz CT molecular complexity index is 225. The second kappa shape index (κ2) is 5.13. The summed E-state index contributed by atoms with van der Waals surface area (Å²) in [5.74, 6) is 0.816. The first kappa shape index (κ1) is 11.2. The molecule has 1 atom stereocenters. The molecular formula is C11H19NO2. The number of hydrogen-bond acceptors (Lipinski definition) is 2. The smallest absolute Gasteiger partial charge is 0.223 e. The molecule has 3 heteroatoms. The van der Waals surface area contributed by atoms with Crippen molar-refractivity contribution < 1.29 is 9.59 Å². The number of ketones is 1. The van der Waals surface area contributed by atoms with Crippen LogP contribution in [0, 0.1) is 5.92 Å². The Morgan fingerprint density at radius 3 is 2.71 bits per heavy atom. The van der Waals surface area contributed by atoms with Crippen LogP contribution in [0.4, 0.5) is 0 Å². The summed E-state index contributed by atoms with van der Waals surface area (Å²) in [6.45, 7) is 5.20. The molecule has 1 aliphatic heterocycles. The number of amides is 1. The highest BCUT2D eigenvalue weighted by Crippen LogP contribution is 2.20. The summed E-state index contributed by atoms with van der Waals surface area (Å²) < 4.78 is 0. The molecule has 1 heterocycles. The second-order valence-corrected chi connectivity index (χ2v) is 4.04. The molecule has 0 spiro atoms. The lowest BCUT2D eigenvalue weighted by molar-refractivity contribution is -0.132. The molecule has 0 saturated carbocycles. The van der Waals surface area contributed by atoms with E-state index in [1.807, 2.05) is 6.92 Å². The highest BCUT2D eigenvalue weighted by molar-refractivity contribution is 5.87. The zero-order valence-electron chi connectivity index (χ0n) is 9.08. The molecular weight excluding hydrogens is 178 g/mol. The van der Waals surface area contributed by atoms with Crippen LogP contribution in [0.3, 0.4) is 0 Å². The Morgan fingerprint density at radius 1 is 1.50 bits per heavy atom. The molecule has 1 fully saturated rings. The Balaban J connectivity index is 2.38. The van der Waals surface area contributed by atoms with Crippen molar-refractivity contribution in [3.8, 4) is 0 Å². The lowest BCUT2D eigenvalue weighted by Gasteiger charge is -2.14. The molecule has 80 valence electrons. The van der Waals surface area contributed by atoms with E-state index in [1.54, 1.807) is 4.90 Å². The van der Waals surface area contributed by atoms with Crippen LogP contribution in [0.1, 0.15) is 39.5 Å². The predicted molar refractivity (Wildman–Crippen MR) is 54.9 cm³/mol. The first-order valence-corrected chi connectivity index (χ1v) is 5.46. The summed E-state index contributed by atoms with van der Waals surface area (Å²) in [5.41, 5.74) is 0. The zero-order valence-corrected chi connectivity index (χ0v) is 9.08. The minimum absolute atomic E-state index is 0.154. The summed E-state index contributed by atoms with van der Waals surface area (Å²) in [5, 5.41) is 0. The standard InChI is InChI=1S/C11H19NO2/c1-3-5-10(13)8-12-7-9(4-2)6-11(12)14/h9H,3-8H2,1-2H3. The highest BCUT2D eigenvalue weighted by Gasteiger charge is 2.28. The quantitative estimate of drug-likeness (QED) is 0.671. The van der Waals surface area contributed by atoms with Gasteiger partial charge >= 0.3 is 0 Å². The molecule has 0 aromatic rings. The van der Waals surface area contributed by atoms with Crippen molar-refractivity contribution in [3.63, 3.8) is 0 Å². The normalized spacial score (nSPS) is 21.7. The molecule has 1 aliphatic rings. The van der Waals surface area contributed by atoms with E-state index < -0.39 is 0 Å². The van der Waals surface area contributed by atoms with Crippen LogP contribution >= 0.6 is 0 Å². The average Bonchev–Trinajstić information content (AvgIpc) is 2.48. The van der Waals surface area contributed by atoms with E-state index in [4.69, 9.17) is 0 Å². The van der Waals surface area contributed by atoms with Crippen LogP contribution in [0.25, 0.3) is 0 Å². The molecule has 0 aromatic heterocycles. The maximum Gasteiger partial charge on any atom is 0.223 e. The summed E-state index contributed by atoms with van der Waals surface area (Å²) in [6, 6.07) is 0. The van der Waals surface area contributed by atoms with Crippen LogP contribution < -0.4 is 0 Å². The van der Waals surface area contributed by atoms with E-state index in [1.165, 1.54) is 0 Å². The van der Waals surface area contributed by atoms with Crippen LogP contribution in [0.2, 0.25) is 0 Å². The maximum absolute atomic E-state index is 11.5. The van der Waals surface area contributed by atoms with Crippen molar-refractivity contribution >= 4 is 11.7 Å². The van der Waals surface area contributed by atoms with E-state index in [0.29, 0.717) is 25.3 Å². The van der Waals surface area contributed by atoms with E-state index in [9.17, 15) is 9.59 Å². The fourth-order valence-electron chi connectivity index (χ4n) is 1.85. The van der Waals surface area contributed by atoms with Crippen molar-refractivity contribution in [1.29, 1.82) is 0 Å². The van der Waals surface area contributed by atoms with Crippen LogP contribution in [-0.4, -0.2) is 29.7 Å². The fourth-order valence-corrected chi connectivity index (χ4v) is 1.85. The Labute approximate surface area is 85.5 Å². The van der Waals surface area contributed by atoms with Gasteiger partial charge in [-0.25, -0.2) is 0 Å². The summed E-state index contributed by atoms with van der Waals surface area (Å²) in [4.78, 5) is 24.5. The van der Waals surface area contributed by atoms with Gasteiger partial charge in [0, 0.05) is 19.4 Å². The molecule has 0 N–H and O–H groups in total. The molecule has 1 saturated heterocycles. The van der Waals surface area contributed by atoms with Gasteiger partial charge in [-0.15, -0.1) is 0 Å². The molecule has 1 rings (SSSR count). The number of likely N-dealkylation sites (tertiary alicyclic amines) is 1. The van der Waals surface area contributed by atoms with Crippen LogP contribution in [0.15, 0.2) is 0 Å². The first-order valence-electron chi connectivity index (χ1n) is 5.46. The van der Waals surface area contributed by atoms with Crippen molar-refractivity contribution in [1.82, 2.24) is 4.90 Å². The van der Waals surface area contributed by atoms with Gasteiger partial charge in [-0.3, -0.25) is 9.59 Å². The second-order valence-electron chi connectivity index (χ2n) is 4.04.